The molecule has 0 saturated carbocycles. The number of ether oxygens (including phenoxy) is 1. The molecule has 1 amide bonds. The second-order valence-electron chi connectivity index (χ2n) is 5.58. The summed E-state index contributed by atoms with van der Waals surface area (Å²) in [6, 6.07) is 0. The van der Waals surface area contributed by atoms with Crippen molar-refractivity contribution in [3.8, 4) is 0 Å². The molecule has 23 heavy (non-hydrogen) atoms. The van der Waals surface area contributed by atoms with Gasteiger partial charge in [-0.2, -0.15) is 0 Å². The number of rotatable bonds is 2. The number of esters is 1. The number of aryl methyl sites for hydroxylation is 2. The predicted molar refractivity (Wildman–Crippen MR) is 85.7 cm³/mol. The van der Waals surface area contributed by atoms with E-state index >= 15 is 0 Å². The van der Waals surface area contributed by atoms with Crippen LogP contribution in [0.1, 0.15) is 34.5 Å². The monoisotopic (exact) mass is 335 g/mol. The van der Waals surface area contributed by atoms with Gasteiger partial charge in [-0.05, 0) is 31.7 Å². The highest BCUT2D eigenvalue weighted by Gasteiger charge is 2.27. The van der Waals surface area contributed by atoms with Crippen LogP contribution >= 0.6 is 11.3 Å². The molecule has 1 N–H and O–H groups in total. The third kappa shape index (κ3) is 2.86. The predicted octanol–water partition coefficient (Wildman–Crippen LogP) is 1.13. The Morgan fingerprint density at radius 3 is 3.00 bits per heavy atom. The summed E-state index contributed by atoms with van der Waals surface area (Å²) in [6.07, 6.45) is 2.87. The van der Waals surface area contributed by atoms with Gasteiger partial charge in [0.2, 0.25) is 0 Å². The Balaban J connectivity index is 1.92. The fourth-order valence-electron chi connectivity index (χ4n) is 2.61. The number of carbonyl (C=O) groups excluding carboxylic acids is 2. The Bertz CT molecular complexity index is 839. The Labute approximate surface area is 136 Å². The van der Waals surface area contributed by atoms with Gasteiger partial charge in [0.15, 0.2) is 6.10 Å². The van der Waals surface area contributed by atoms with Gasteiger partial charge in [-0.1, -0.05) is 0 Å². The van der Waals surface area contributed by atoms with Gasteiger partial charge < -0.3 is 14.6 Å². The van der Waals surface area contributed by atoms with E-state index in [9.17, 15) is 14.4 Å². The van der Waals surface area contributed by atoms with E-state index in [0.717, 1.165) is 24.2 Å². The SMILES string of the molecule is Cc1c(C(=O)OC2CCCCNC2=O)sc2ncn(C)c(=O)c12. The number of thiophene rings is 1. The van der Waals surface area contributed by atoms with Crippen molar-refractivity contribution in [2.75, 3.05) is 6.54 Å². The van der Waals surface area contributed by atoms with Crippen molar-refractivity contribution in [2.24, 2.45) is 7.05 Å². The molecule has 2 aromatic rings. The lowest BCUT2D eigenvalue weighted by atomic mass is 10.2. The lowest BCUT2D eigenvalue weighted by Gasteiger charge is -2.13. The molecule has 8 heteroatoms. The van der Waals surface area contributed by atoms with Crippen molar-refractivity contribution in [1.29, 1.82) is 0 Å². The van der Waals surface area contributed by atoms with Crippen LogP contribution in [0.4, 0.5) is 0 Å². The lowest BCUT2D eigenvalue weighted by molar-refractivity contribution is -0.129. The van der Waals surface area contributed by atoms with E-state index in [1.54, 1.807) is 14.0 Å². The maximum Gasteiger partial charge on any atom is 0.349 e. The lowest BCUT2D eigenvalue weighted by Crippen LogP contribution is -2.36. The number of amides is 1. The van der Waals surface area contributed by atoms with E-state index in [2.05, 4.69) is 10.3 Å². The van der Waals surface area contributed by atoms with Crippen LogP contribution in [-0.4, -0.2) is 34.1 Å². The van der Waals surface area contributed by atoms with Crippen LogP contribution in [-0.2, 0) is 16.6 Å². The normalized spacial score (nSPS) is 18.5. The quantitative estimate of drug-likeness (QED) is 0.831. The standard InChI is InChI=1S/C15H17N3O4S/c1-8-10-13(17-7-18(2)14(10)20)23-11(8)15(21)22-9-5-3-4-6-16-12(9)19/h7,9H,3-6H2,1-2H3,(H,16,19). The van der Waals surface area contributed by atoms with Crippen molar-refractivity contribution in [1.82, 2.24) is 14.9 Å². The highest BCUT2D eigenvalue weighted by molar-refractivity contribution is 7.20. The first-order valence-electron chi connectivity index (χ1n) is 7.42. The molecule has 7 nitrogen and oxygen atoms in total. The van der Waals surface area contributed by atoms with E-state index in [1.807, 2.05) is 0 Å². The summed E-state index contributed by atoms with van der Waals surface area (Å²) in [4.78, 5) is 41.5. The molecule has 1 aliphatic heterocycles. The minimum atomic E-state index is -0.773. The topological polar surface area (TPSA) is 90.3 Å². The summed E-state index contributed by atoms with van der Waals surface area (Å²) in [5, 5.41) is 3.16. The van der Waals surface area contributed by atoms with Crippen LogP contribution in [0.3, 0.4) is 0 Å². The van der Waals surface area contributed by atoms with Crippen molar-refractivity contribution >= 4 is 33.4 Å². The summed E-state index contributed by atoms with van der Waals surface area (Å²) >= 11 is 1.12. The van der Waals surface area contributed by atoms with Gasteiger partial charge in [0.05, 0.1) is 11.7 Å². The number of carbonyl (C=O) groups is 2. The second-order valence-corrected chi connectivity index (χ2v) is 6.58. The smallest absolute Gasteiger partial charge is 0.349 e. The molecule has 0 aromatic carbocycles. The average Bonchev–Trinajstić information content (AvgIpc) is 2.73. The summed E-state index contributed by atoms with van der Waals surface area (Å²) in [6.45, 7) is 2.31. The Morgan fingerprint density at radius 1 is 1.43 bits per heavy atom. The molecular formula is C15H17N3O4S. The van der Waals surface area contributed by atoms with Gasteiger partial charge in [-0.3, -0.25) is 9.59 Å². The van der Waals surface area contributed by atoms with Crippen molar-refractivity contribution < 1.29 is 14.3 Å². The molecule has 3 rings (SSSR count). The molecule has 3 heterocycles. The largest absolute Gasteiger partial charge is 0.448 e. The van der Waals surface area contributed by atoms with Gasteiger partial charge in [-0.25, -0.2) is 9.78 Å². The molecule has 122 valence electrons. The van der Waals surface area contributed by atoms with Gasteiger partial charge in [-0.15, -0.1) is 11.3 Å². The molecule has 0 spiro atoms. The minimum absolute atomic E-state index is 0.199. The van der Waals surface area contributed by atoms with Crippen molar-refractivity contribution in [3.05, 3.63) is 27.1 Å². The van der Waals surface area contributed by atoms with E-state index in [0.29, 0.717) is 33.6 Å². The van der Waals surface area contributed by atoms with Crippen LogP contribution in [0, 0.1) is 6.92 Å². The van der Waals surface area contributed by atoms with Crippen LogP contribution in [0.25, 0.3) is 10.2 Å². The third-order valence-corrected chi connectivity index (χ3v) is 5.11. The molecule has 0 radical (unpaired) electrons. The number of nitrogens with one attached hydrogen (secondary N) is 1. The summed E-state index contributed by atoms with van der Waals surface area (Å²) < 4.78 is 6.74. The number of fused-ring (bicyclic) bond motifs is 1. The molecule has 1 saturated heterocycles. The van der Waals surface area contributed by atoms with Gasteiger partial charge >= 0.3 is 5.97 Å². The van der Waals surface area contributed by atoms with Crippen LogP contribution < -0.4 is 10.9 Å². The molecule has 1 aliphatic rings. The maximum absolute atomic E-state index is 12.4. The molecule has 1 atom stereocenters. The summed E-state index contributed by atoms with van der Waals surface area (Å²) in [5.74, 6) is -0.835. The maximum atomic E-state index is 12.4. The fourth-order valence-corrected chi connectivity index (χ4v) is 3.63. The first-order chi connectivity index (χ1) is 11.0. The zero-order valence-electron chi connectivity index (χ0n) is 12.9. The first kappa shape index (κ1) is 15.7. The number of aromatic nitrogens is 2. The zero-order valence-corrected chi connectivity index (χ0v) is 13.7. The number of nitrogens with zero attached hydrogens (tertiary/aromatic N) is 2. The van der Waals surface area contributed by atoms with Crippen molar-refractivity contribution in [3.63, 3.8) is 0 Å². The molecule has 0 aliphatic carbocycles. The Morgan fingerprint density at radius 2 is 2.22 bits per heavy atom. The minimum Gasteiger partial charge on any atom is -0.448 e. The van der Waals surface area contributed by atoms with Gasteiger partial charge in [0, 0.05) is 13.6 Å². The van der Waals surface area contributed by atoms with Crippen LogP contribution in [0.2, 0.25) is 0 Å². The summed E-state index contributed by atoms with van der Waals surface area (Å²) in [7, 11) is 1.61. The third-order valence-electron chi connectivity index (χ3n) is 3.93. The molecule has 1 unspecified atom stereocenters. The van der Waals surface area contributed by atoms with Crippen molar-refractivity contribution in [2.45, 2.75) is 32.3 Å². The molecular weight excluding hydrogens is 318 g/mol. The Hall–Kier alpha value is -2.22. The van der Waals surface area contributed by atoms with E-state index in [4.69, 9.17) is 4.74 Å². The number of hydrogen-bond acceptors (Lipinski definition) is 6. The summed E-state index contributed by atoms with van der Waals surface area (Å²) in [5.41, 5.74) is 0.354. The number of hydrogen-bond donors (Lipinski definition) is 1. The fraction of sp³-hybridized carbons (Fsp3) is 0.467. The van der Waals surface area contributed by atoms with Crippen LogP contribution in [0.15, 0.2) is 11.1 Å². The van der Waals surface area contributed by atoms with Gasteiger partial charge in [0.1, 0.15) is 9.71 Å². The van der Waals surface area contributed by atoms with Crippen LogP contribution in [0.5, 0.6) is 0 Å². The Kier molecular flexibility index (Phi) is 4.16. The highest BCUT2D eigenvalue weighted by Crippen LogP contribution is 2.28. The van der Waals surface area contributed by atoms with Gasteiger partial charge in [0.25, 0.3) is 11.5 Å². The average molecular weight is 335 g/mol. The first-order valence-corrected chi connectivity index (χ1v) is 8.24. The second kappa shape index (κ2) is 6.11. The molecule has 2 aromatic heterocycles. The van der Waals surface area contributed by atoms with E-state index in [1.165, 1.54) is 10.9 Å². The van der Waals surface area contributed by atoms with E-state index in [-0.39, 0.29) is 11.5 Å². The van der Waals surface area contributed by atoms with E-state index < -0.39 is 12.1 Å². The molecule has 0 bridgehead atoms. The highest BCUT2D eigenvalue weighted by atomic mass is 32.1. The zero-order chi connectivity index (χ0) is 16.6. The molecule has 1 fully saturated rings.